The van der Waals surface area contributed by atoms with E-state index in [9.17, 15) is 14.9 Å². The highest BCUT2D eigenvalue weighted by Gasteiger charge is 2.56. The number of carbonyl (C=O) groups is 1. The Morgan fingerprint density at radius 1 is 1.33 bits per heavy atom. The van der Waals surface area contributed by atoms with Gasteiger partial charge in [0.15, 0.2) is 0 Å². The SMILES string of the molecule is Cc1nc([N+](=O)[O-])cn1CCC(=O)N1C[C@H]2CCCC[C@@]21c1ccccc1. The maximum Gasteiger partial charge on any atom is 0.381 e. The molecule has 1 aromatic carbocycles. The molecule has 1 aromatic heterocycles. The second-order valence-electron chi connectivity index (χ2n) is 7.58. The van der Waals surface area contributed by atoms with E-state index < -0.39 is 4.92 Å². The van der Waals surface area contributed by atoms with Crippen molar-refractivity contribution >= 4 is 11.7 Å². The van der Waals surface area contributed by atoms with Gasteiger partial charge in [-0.3, -0.25) is 4.79 Å². The minimum absolute atomic E-state index is 0.118. The summed E-state index contributed by atoms with van der Waals surface area (Å²) in [6.45, 7) is 2.96. The van der Waals surface area contributed by atoms with Gasteiger partial charge in [0.2, 0.25) is 11.7 Å². The van der Waals surface area contributed by atoms with E-state index in [0.717, 1.165) is 19.4 Å². The van der Waals surface area contributed by atoms with E-state index in [1.54, 1.807) is 11.5 Å². The maximum atomic E-state index is 13.0. The van der Waals surface area contributed by atoms with Crippen molar-refractivity contribution in [1.82, 2.24) is 14.5 Å². The molecule has 1 saturated carbocycles. The monoisotopic (exact) mass is 368 g/mol. The fourth-order valence-corrected chi connectivity index (χ4v) is 4.84. The van der Waals surface area contributed by atoms with Gasteiger partial charge in [-0.15, -0.1) is 0 Å². The van der Waals surface area contributed by atoms with Crippen molar-refractivity contribution in [2.24, 2.45) is 5.92 Å². The van der Waals surface area contributed by atoms with Gasteiger partial charge in [-0.1, -0.05) is 43.2 Å². The Morgan fingerprint density at radius 2 is 2.11 bits per heavy atom. The standard InChI is InChI=1S/C20H24N4O3/c1-15-21-18(24(26)27)14-22(15)12-10-19(25)23-13-17-9-5-6-11-20(17,23)16-7-3-2-4-8-16/h2-4,7-8,14,17H,5-6,9-13H2,1H3/t17-,20-/m1/s1. The van der Waals surface area contributed by atoms with Crippen molar-refractivity contribution in [3.05, 3.63) is 58.0 Å². The zero-order chi connectivity index (χ0) is 19.0. The lowest BCUT2D eigenvalue weighted by Gasteiger charge is -2.61. The van der Waals surface area contributed by atoms with Crippen LogP contribution in [0.2, 0.25) is 0 Å². The highest BCUT2D eigenvalue weighted by Crippen LogP contribution is 2.53. The van der Waals surface area contributed by atoms with Crippen LogP contribution in [0.4, 0.5) is 5.82 Å². The third-order valence-corrected chi connectivity index (χ3v) is 6.21. The quantitative estimate of drug-likeness (QED) is 0.598. The van der Waals surface area contributed by atoms with Crippen LogP contribution < -0.4 is 0 Å². The maximum absolute atomic E-state index is 13.0. The van der Waals surface area contributed by atoms with Crippen LogP contribution in [0, 0.1) is 23.0 Å². The predicted octanol–water partition coefficient (Wildman–Crippen LogP) is 3.42. The molecule has 2 heterocycles. The summed E-state index contributed by atoms with van der Waals surface area (Å²) in [5.74, 6) is 1.05. The Morgan fingerprint density at radius 3 is 2.78 bits per heavy atom. The summed E-state index contributed by atoms with van der Waals surface area (Å²) in [7, 11) is 0. The molecule has 7 nitrogen and oxygen atoms in total. The summed E-state index contributed by atoms with van der Waals surface area (Å²) < 4.78 is 1.70. The third-order valence-electron chi connectivity index (χ3n) is 6.21. The molecule has 7 heteroatoms. The average molecular weight is 368 g/mol. The highest BCUT2D eigenvalue weighted by atomic mass is 16.6. The van der Waals surface area contributed by atoms with Crippen LogP contribution in [0.25, 0.3) is 0 Å². The average Bonchev–Trinajstić information content (AvgIpc) is 3.03. The summed E-state index contributed by atoms with van der Waals surface area (Å²) in [5.41, 5.74) is 1.08. The molecule has 1 saturated heterocycles. The Balaban J connectivity index is 1.51. The van der Waals surface area contributed by atoms with E-state index in [1.165, 1.54) is 24.6 Å². The summed E-state index contributed by atoms with van der Waals surface area (Å²) in [5, 5.41) is 10.9. The first kappa shape index (κ1) is 17.7. The number of hydrogen-bond acceptors (Lipinski definition) is 4. The zero-order valence-electron chi connectivity index (χ0n) is 15.5. The van der Waals surface area contributed by atoms with Crippen molar-refractivity contribution in [2.45, 2.75) is 51.1 Å². The Labute approximate surface area is 158 Å². The Kier molecular flexibility index (Phi) is 4.45. The van der Waals surface area contributed by atoms with E-state index in [-0.39, 0.29) is 17.3 Å². The van der Waals surface area contributed by atoms with Crippen molar-refractivity contribution in [3.8, 4) is 0 Å². The first-order valence-corrected chi connectivity index (χ1v) is 9.56. The van der Waals surface area contributed by atoms with Gasteiger partial charge in [-0.2, -0.15) is 0 Å². The third kappa shape index (κ3) is 2.91. The number of rotatable bonds is 5. The van der Waals surface area contributed by atoms with Crippen molar-refractivity contribution in [2.75, 3.05) is 6.54 Å². The van der Waals surface area contributed by atoms with E-state index in [2.05, 4.69) is 17.1 Å². The van der Waals surface area contributed by atoms with E-state index >= 15 is 0 Å². The van der Waals surface area contributed by atoms with Crippen molar-refractivity contribution in [1.29, 1.82) is 0 Å². The van der Waals surface area contributed by atoms with Crippen LogP contribution in [0.3, 0.4) is 0 Å². The van der Waals surface area contributed by atoms with Gasteiger partial charge in [0.05, 0.1) is 5.54 Å². The molecule has 0 bridgehead atoms. The smallest absolute Gasteiger partial charge is 0.358 e. The van der Waals surface area contributed by atoms with Crippen LogP contribution >= 0.6 is 0 Å². The topological polar surface area (TPSA) is 81.3 Å². The first-order chi connectivity index (χ1) is 13.0. The molecule has 0 radical (unpaired) electrons. The summed E-state index contributed by atoms with van der Waals surface area (Å²) in [6.07, 6.45) is 6.31. The largest absolute Gasteiger partial charge is 0.381 e. The summed E-state index contributed by atoms with van der Waals surface area (Å²) in [4.78, 5) is 29.4. The molecule has 1 aliphatic heterocycles. The fraction of sp³-hybridized carbons (Fsp3) is 0.500. The number of amides is 1. The lowest BCUT2D eigenvalue weighted by molar-refractivity contribution is -0.389. The lowest BCUT2D eigenvalue weighted by atomic mass is 9.61. The van der Waals surface area contributed by atoms with Crippen molar-refractivity contribution in [3.63, 3.8) is 0 Å². The minimum atomic E-state index is -0.502. The number of fused-ring (bicyclic) bond motifs is 1. The summed E-state index contributed by atoms with van der Waals surface area (Å²) in [6, 6.07) is 10.4. The van der Waals surface area contributed by atoms with Gasteiger partial charge in [-0.05, 0) is 28.3 Å². The number of likely N-dealkylation sites (tertiary alicyclic amines) is 1. The van der Waals surface area contributed by atoms with Crippen LogP contribution in [-0.2, 0) is 16.9 Å². The molecule has 27 heavy (non-hydrogen) atoms. The number of nitrogens with zero attached hydrogens (tertiary/aromatic N) is 4. The van der Waals surface area contributed by atoms with E-state index in [0.29, 0.717) is 24.7 Å². The number of carbonyl (C=O) groups excluding carboxylic acids is 1. The molecule has 2 aromatic rings. The second kappa shape index (κ2) is 6.79. The number of hydrogen-bond donors (Lipinski definition) is 0. The van der Waals surface area contributed by atoms with E-state index in [1.807, 2.05) is 23.1 Å². The van der Waals surface area contributed by atoms with Crippen LogP contribution in [0.15, 0.2) is 36.5 Å². The van der Waals surface area contributed by atoms with Crippen LogP contribution in [-0.4, -0.2) is 31.8 Å². The normalized spacial score (nSPS) is 24.2. The van der Waals surface area contributed by atoms with Crippen LogP contribution in [0.5, 0.6) is 0 Å². The summed E-state index contributed by atoms with van der Waals surface area (Å²) >= 11 is 0. The molecular weight excluding hydrogens is 344 g/mol. The molecule has 1 amide bonds. The minimum Gasteiger partial charge on any atom is -0.358 e. The van der Waals surface area contributed by atoms with Crippen molar-refractivity contribution < 1.29 is 9.72 Å². The Hall–Kier alpha value is -2.70. The molecule has 2 fully saturated rings. The molecule has 2 aliphatic rings. The van der Waals surface area contributed by atoms with Gasteiger partial charge >= 0.3 is 5.82 Å². The first-order valence-electron chi connectivity index (χ1n) is 9.56. The highest BCUT2D eigenvalue weighted by molar-refractivity contribution is 5.78. The van der Waals surface area contributed by atoms with Gasteiger partial charge < -0.3 is 19.6 Å². The number of nitro groups is 1. The number of benzene rings is 1. The van der Waals surface area contributed by atoms with Gasteiger partial charge in [0.1, 0.15) is 6.20 Å². The van der Waals surface area contributed by atoms with Crippen LogP contribution in [0.1, 0.15) is 43.5 Å². The molecule has 142 valence electrons. The molecule has 2 atom stereocenters. The molecular formula is C20H24N4O3. The zero-order valence-corrected chi connectivity index (χ0v) is 15.5. The molecule has 1 aliphatic carbocycles. The fourth-order valence-electron chi connectivity index (χ4n) is 4.84. The van der Waals surface area contributed by atoms with Gasteiger partial charge in [-0.25, -0.2) is 0 Å². The lowest BCUT2D eigenvalue weighted by Crippen LogP contribution is -2.67. The van der Waals surface area contributed by atoms with Gasteiger partial charge in [0.25, 0.3) is 0 Å². The van der Waals surface area contributed by atoms with Gasteiger partial charge in [0, 0.05) is 32.4 Å². The number of aromatic nitrogens is 2. The predicted molar refractivity (Wildman–Crippen MR) is 100 cm³/mol. The number of aryl methyl sites for hydroxylation is 2. The van der Waals surface area contributed by atoms with E-state index in [4.69, 9.17) is 0 Å². The molecule has 0 N–H and O–H groups in total. The Bertz CT molecular complexity index is 863. The second-order valence-corrected chi connectivity index (χ2v) is 7.58. The molecule has 0 unspecified atom stereocenters. The molecule has 0 spiro atoms. The molecule has 4 rings (SSSR count). The number of imidazole rings is 1.